The predicted octanol–water partition coefficient (Wildman–Crippen LogP) is 3.58. The van der Waals surface area contributed by atoms with Gasteiger partial charge in [-0.1, -0.05) is 19.9 Å². The molecule has 1 rings (SSSR count). The van der Waals surface area contributed by atoms with Crippen molar-refractivity contribution in [2.75, 3.05) is 13.0 Å². The third-order valence-corrected chi connectivity index (χ3v) is 3.23. The van der Waals surface area contributed by atoms with E-state index in [0.29, 0.717) is 24.4 Å². The highest BCUT2D eigenvalue weighted by molar-refractivity contribution is 6.17. The van der Waals surface area contributed by atoms with E-state index in [1.807, 2.05) is 6.07 Å². The minimum absolute atomic E-state index is 0.278. The molecule has 0 spiro atoms. The lowest BCUT2D eigenvalue weighted by Gasteiger charge is -2.21. The second-order valence-electron chi connectivity index (χ2n) is 4.68. The number of alkyl halides is 1. The summed E-state index contributed by atoms with van der Waals surface area (Å²) in [6.45, 7) is 4.94. The normalized spacial score (nSPS) is 12.8. The van der Waals surface area contributed by atoms with E-state index in [2.05, 4.69) is 19.2 Å². The van der Waals surface area contributed by atoms with Crippen molar-refractivity contribution in [3.05, 3.63) is 29.6 Å². The van der Waals surface area contributed by atoms with Gasteiger partial charge in [0, 0.05) is 18.5 Å². The van der Waals surface area contributed by atoms with Crippen LogP contribution in [0.25, 0.3) is 0 Å². The molecule has 102 valence electrons. The highest BCUT2D eigenvalue weighted by atomic mass is 35.5. The summed E-state index contributed by atoms with van der Waals surface area (Å²) in [4.78, 5) is 0. The third kappa shape index (κ3) is 4.46. The smallest absolute Gasteiger partial charge is 0.165 e. The van der Waals surface area contributed by atoms with Crippen LogP contribution < -0.4 is 10.1 Å². The van der Waals surface area contributed by atoms with Crippen molar-refractivity contribution in [2.45, 2.75) is 32.9 Å². The molecule has 1 aromatic rings. The van der Waals surface area contributed by atoms with Crippen LogP contribution >= 0.6 is 11.6 Å². The standard InChI is InChI=1S/C14H21ClFNO/c1-10(2)13(6-7-15)17-9-11-4-5-14(18-3)12(16)8-11/h4-5,8,10,13,17H,6-7,9H2,1-3H3. The van der Waals surface area contributed by atoms with Crippen molar-refractivity contribution in [3.63, 3.8) is 0 Å². The van der Waals surface area contributed by atoms with E-state index in [1.165, 1.54) is 13.2 Å². The fraction of sp³-hybridized carbons (Fsp3) is 0.571. The summed E-state index contributed by atoms with van der Waals surface area (Å²) in [5.74, 6) is 1.09. The second-order valence-corrected chi connectivity index (χ2v) is 5.06. The fourth-order valence-corrected chi connectivity index (χ4v) is 2.09. The lowest BCUT2D eigenvalue weighted by atomic mass is 10.0. The molecule has 0 fully saturated rings. The first kappa shape index (κ1) is 15.3. The molecule has 1 atom stereocenters. The SMILES string of the molecule is COc1ccc(CNC(CCCl)C(C)C)cc1F. The topological polar surface area (TPSA) is 21.3 Å². The van der Waals surface area contributed by atoms with Crippen molar-refractivity contribution in [1.29, 1.82) is 0 Å². The van der Waals surface area contributed by atoms with E-state index in [-0.39, 0.29) is 11.6 Å². The highest BCUT2D eigenvalue weighted by Crippen LogP contribution is 2.18. The van der Waals surface area contributed by atoms with Gasteiger partial charge in [-0.3, -0.25) is 0 Å². The maximum atomic E-state index is 13.5. The summed E-state index contributed by atoms with van der Waals surface area (Å²) in [6, 6.07) is 5.38. The van der Waals surface area contributed by atoms with E-state index in [4.69, 9.17) is 16.3 Å². The molecular formula is C14H21ClFNO. The molecule has 1 N–H and O–H groups in total. The molecule has 0 aliphatic rings. The van der Waals surface area contributed by atoms with Crippen LogP contribution in [-0.2, 0) is 6.54 Å². The van der Waals surface area contributed by atoms with Crippen molar-refractivity contribution in [2.24, 2.45) is 5.92 Å². The Labute approximate surface area is 113 Å². The van der Waals surface area contributed by atoms with E-state index < -0.39 is 0 Å². The zero-order valence-electron chi connectivity index (χ0n) is 11.2. The molecule has 18 heavy (non-hydrogen) atoms. The van der Waals surface area contributed by atoms with Gasteiger partial charge in [-0.2, -0.15) is 0 Å². The largest absolute Gasteiger partial charge is 0.494 e. The molecular weight excluding hydrogens is 253 g/mol. The number of hydrogen-bond acceptors (Lipinski definition) is 2. The van der Waals surface area contributed by atoms with Crippen LogP contribution in [0.5, 0.6) is 5.75 Å². The zero-order valence-corrected chi connectivity index (χ0v) is 11.9. The summed E-state index contributed by atoms with van der Waals surface area (Å²) in [5, 5.41) is 3.41. The Hall–Kier alpha value is -0.800. The van der Waals surface area contributed by atoms with Crippen LogP contribution in [0.15, 0.2) is 18.2 Å². The lowest BCUT2D eigenvalue weighted by molar-refractivity contribution is 0.381. The second kappa shape index (κ2) is 7.59. The summed E-state index contributed by atoms with van der Waals surface area (Å²) in [6.07, 6.45) is 0.915. The van der Waals surface area contributed by atoms with Crippen LogP contribution in [0, 0.1) is 11.7 Å². The molecule has 0 saturated carbocycles. The molecule has 0 aromatic heterocycles. The maximum Gasteiger partial charge on any atom is 0.165 e. The van der Waals surface area contributed by atoms with Gasteiger partial charge in [-0.15, -0.1) is 11.6 Å². The van der Waals surface area contributed by atoms with E-state index in [1.54, 1.807) is 6.07 Å². The molecule has 2 nitrogen and oxygen atoms in total. The van der Waals surface area contributed by atoms with Crippen molar-refractivity contribution in [1.82, 2.24) is 5.32 Å². The van der Waals surface area contributed by atoms with Crippen LogP contribution in [0.3, 0.4) is 0 Å². The van der Waals surface area contributed by atoms with Gasteiger partial charge in [0.25, 0.3) is 0 Å². The zero-order chi connectivity index (χ0) is 13.5. The monoisotopic (exact) mass is 273 g/mol. The summed E-state index contributed by atoms with van der Waals surface area (Å²) in [7, 11) is 1.46. The van der Waals surface area contributed by atoms with E-state index in [9.17, 15) is 4.39 Å². The quantitative estimate of drug-likeness (QED) is 0.767. The molecule has 0 aliphatic heterocycles. The molecule has 0 heterocycles. The number of halogens is 2. The van der Waals surface area contributed by atoms with E-state index in [0.717, 1.165) is 12.0 Å². The predicted molar refractivity (Wildman–Crippen MR) is 73.8 cm³/mol. The summed E-state index contributed by atoms with van der Waals surface area (Å²) < 4.78 is 18.4. The molecule has 0 bridgehead atoms. The first-order chi connectivity index (χ1) is 8.58. The fourth-order valence-electron chi connectivity index (χ4n) is 1.86. The van der Waals surface area contributed by atoms with Crippen LogP contribution in [0.2, 0.25) is 0 Å². The van der Waals surface area contributed by atoms with Gasteiger partial charge >= 0.3 is 0 Å². The molecule has 0 radical (unpaired) electrons. The van der Waals surface area contributed by atoms with Crippen molar-refractivity contribution in [3.8, 4) is 5.75 Å². The number of ether oxygens (including phenoxy) is 1. The van der Waals surface area contributed by atoms with Crippen LogP contribution in [0.1, 0.15) is 25.8 Å². The number of hydrogen-bond donors (Lipinski definition) is 1. The lowest BCUT2D eigenvalue weighted by Crippen LogP contribution is -2.33. The maximum absolute atomic E-state index is 13.5. The summed E-state index contributed by atoms with van der Waals surface area (Å²) >= 11 is 5.77. The Balaban J connectivity index is 2.59. The third-order valence-electron chi connectivity index (χ3n) is 3.01. The minimum atomic E-state index is -0.324. The first-order valence-electron chi connectivity index (χ1n) is 6.20. The molecule has 1 unspecified atom stereocenters. The molecule has 0 aliphatic carbocycles. The Morgan fingerprint density at radius 3 is 2.61 bits per heavy atom. The molecule has 4 heteroatoms. The average molecular weight is 274 g/mol. The minimum Gasteiger partial charge on any atom is -0.494 e. The number of nitrogens with one attached hydrogen (secondary N) is 1. The number of benzene rings is 1. The van der Waals surface area contributed by atoms with Gasteiger partial charge in [-0.25, -0.2) is 4.39 Å². The van der Waals surface area contributed by atoms with Crippen LogP contribution in [0.4, 0.5) is 4.39 Å². The van der Waals surface area contributed by atoms with Gasteiger partial charge in [0.15, 0.2) is 11.6 Å². The van der Waals surface area contributed by atoms with Crippen molar-refractivity contribution < 1.29 is 9.13 Å². The van der Waals surface area contributed by atoms with Gasteiger partial charge in [0.2, 0.25) is 0 Å². The van der Waals surface area contributed by atoms with Gasteiger partial charge in [-0.05, 0) is 30.0 Å². The Morgan fingerprint density at radius 2 is 2.11 bits per heavy atom. The van der Waals surface area contributed by atoms with Crippen molar-refractivity contribution >= 4 is 11.6 Å². The average Bonchev–Trinajstić information content (AvgIpc) is 2.34. The van der Waals surface area contributed by atoms with Gasteiger partial charge in [0.05, 0.1) is 7.11 Å². The Bertz CT molecular complexity index is 371. The number of rotatable bonds is 7. The first-order valence-corrected chi connectivity index (χ1v) is 6.73. The van der Waals surface area contributed by atoms with Gasteiger partial charge < -0.3 is 10.1 Å². The summed E-state index contributed by atoms with van der Waals surface area (Å²) in [5.41, 5.74) is 0.911. The molecule has 1 aromatic carbocycles. The van der Waals surface area contributed by atoms with Crippen LogP contribution in [-0.4, -0.2) is 19.0 Å². The van der Waals surface area contributed by atoms with E-state index >= 15 is 0 Å². The molecule has 0 amide bonds. The Kier molecular flexibility index (Phi) is 6.44. The Morgan fingerprint density at radius 1 is 1.39 bits per heavy atom. The molecule has 0 saturated heterocycles. The number of methoxy groups -OCH3 is 1. The highest BCUT2D eigenvalue weighted by Gasteiger charge is 2.12. The van der Waals surface area contributed by atoms with Gasteiger partial charge in [0.1, 0.15) is 0 Å².